The fourth-order valence-electron chi connectivity index (χ4n) is 6.26. The minimum absolute atomic E-state index is 0.360. The van der Waals surface area contributed by atoms with Crippen LogP contribution in [0, 0.1) is 0 Å². The largest absolute Gasteiger partial charge is 0.354 e. The zero-order valence-electron chi connectivity index (χ0n) is 22.5. The molecule has 1 aliphatic carbocycles. The van der Waals surface area contributed by atoms with Crippen LogP contribution in [0.4, 0.5) is 0 Å². The number of rotatable bonds is 4. The van der Waals surface area contributed by atoms with Crippen molar-refractivity contribution in [3.05, 3.63) is 52.7 Å². The Kier molecular flexibility index (Phi) is 6.85. The van der Waals surface area contributed by atoms with Crippen LogP contribution in [0.5, 0.6) is 0 Å². The van der Waals surface area contributed by atoms with E-state index in [0.717, 1.165) is 25.1 Å². The Morgan fingerprint density at radius 3 is 2.51 bits per heavy atom. The molecule has 5 rings (SSSR count). The lowest BCUT2D eigenvalue weighted by molar-refractivity contribution is 0.172. The number of aliphatic imine (C=N–C) groups is 2. The number of piperidine rings is 1. The molecule has 1 unspecified atom stereocenters. The maximum Gasteiger partial charge on any atom is 0.120 e. The number of amidine groups is 1. The quantitative estimate of drug-likeness (QED) is 0.490. The van der Waals surface area contributed by atoms with E-state index < -0.39 is 0 Å². The molecule has 1 N–H and O–H groups in total. The molecule has 0 spiro atoms. The van der Waals surface area contributed by atoms with Crippen molar-refractivity contribution in [3.8, 4) is 0 Å². The Hall–Kier alpha value is -2.46. The predicted octanol–water partition coefficient (Wildman–Crippen LogP) is 7.63. The molecule has 1 fully saturated rings. The second-order valence-electron chi connectivity index (χ2n) is 11.4. The third kappa shape index (κ3) is 4.95. The minimum Gasteiger partial charge on any atom is -0.354 e. The summed E-state index contributed by atoms with van der Waals surface area (Å²) < 4.78 is 0. The summed E-state index contributed by atoms with van der Waals surface area (Å²) in [6.07, 6.45) is 10.4. The van der Waals surface area contributed by atoms with Crippen molar-refractivity contribution in [3.63, 3.8) is 0 Å². The van der Waals surface area contributed by atoms with Crippen LogP contribution in [0.2, 0.25) is 0 Å². The van der Waals surface area contributed by atoms with E-state index in [9.17, 15) is 0 Å². The lowest BCUT2D eigenvalue weighted by Gasteiger charge is -2.34. The molecule has 1 aromatic heterocycles. The highest BCUT2D eigenvalue weighted by Gasteiger charge is 2.25. The van der Waals surface area contributed by atoms with Gasteiger partial charge in [-0.05, 0) is 119 Å². The molecule has 3 aliphatic rings. The van der Waals surface area contributed by atoms with Gasteiger partial charge in [-0.15, -0.1) is 0 Å². The number of hydrogen-bond acceptors (Lipinski definition) is 3. The van der Waals surface area contributed by atoms with Crippen molar-refractivity contribution in [1.29, 1.82) is 0 Å². The highest BCUT2D eigenvalue weighted by atomic mass is 15.1. The molecule has 1 atom stereocenters. The summed E-state index contributed by atoms with van der Waals surface area (Å²) in [4.78, 5) is 16.0. The molecule has 0 radical (unpaired) electrons. The fraction of sp³-hybridized carbons (Fsp3) is 0.548. The number of allylic oxidation sites excluding steroid dienone is 4. The van der Waals surface area contributed by atoms with Gasteiger partial charge in [0.05, 0.1) is 6.04 Å². The van der Waals surface area contributed by atoms with E-state index >= 15 is 0 Å². The average molecular weight is 471 g/mol. The third-order valence-electron chi connectivity index (χ3n) is 8.25. The zero-order chi connectivity index (χ0) is 24.7. The molecule has 35 heavy (non-hydrogen) atoms. The number of nitrogens with one attached hydrogen (secondary N) is 1. The van der Waals surface area contributed by atoms with Crippen LogP contribution < -0.4 is 0 Å². The van der Waals surface area contributed by atoms with Crippen LogP contribution in [0.25, 0.3) is 16.5 Å². The van der Waals surface area contributed by atoms with Crippen LogP contribution in [0.15, 0.2) is 45.9 Å². The maximum atomic E-state index is 4.79. The second kappa shape index (κ2) is 9.89. The summed E-state index contributed by atoms with van der Waals surface area (Å²) >= 11 is 0. The Bertz CT molecular complexity index is 1210. The second-order valence-corrected chi connectivity index (χ2v) is 11.4. The minimum atomic E-state index is 0.360. The number of benzene rings is 1. The molecule has 4 heteroatoms. The summed E-state index contributed by atoms with van der Waals surface area (Å²) in [7, 11) is 0. The standard InChI is InChI=1S/C31H42N4/c1-19(2)30-27-17-24(23-12-14-35(15-13-23)20(3)4)10-11-28(27)34-31(30)25-8-7-9-26-18-29(21(5)16-25)33-22(6)32-26/h8,10-11,16-17,19-20,23,26,34H,7,9,12-15,18H2,1-6H3/b21-16-,25-8+. The molecular weight excluding hydrogens is 428 g/mol. The molecule has 2 aromatic rings. The first kappa shape index (κ1) is 24.2. The topological polar surface area (TPSA) is 43.8 Å². The number of hydrogen-bond donors (Lipinski definition) is 1. The van der Waals surface area contributed by atoms with Crippen LogP contribution in [0.3, 0.4) is 0 Å². The predicted molar refractivity (Wildman–Crippen MR) is 151 cm³/mol. The van der Waals surface area contributed by atoms with E-state index in [0.29, 0.717) is 23.9 Å². The van der Waals surface area contributed by atoms with Gasteiger partial charge in [-0.25, -0.2) is 4.99 Å². The molecule has 1 saturated heterocycles. The van der Waals surface area contributed by atoms with Gasteiger partial charge in [-0.1, -0.05) is 26.0 Å². The Morgan fingerprint density at radius 1 is 1.03 bits per heavy atom. The van der Waals surface area contributed by atoms with Gasteiger partial charge in [0.15, 0.2) is 0 Å². The monoisotopic (exact) mass is 470 g/mol. The van der Waals surface area contributed by atoms with Gasteiger partial charge < -0.3 is 9.88 Å². The van der Waals surface area contributed by atoms with E-state index in [2.05, 4.69) is 74.9 Å². The molecule has 2 aliphatic heterocycles. The molecule has 0 saturated carbocycles. The number of fused-ring (bicyclic) bond motifs is 3. The van der Waals surface area contributed by atoms with Crippen molar-refractivity contribution in [2.75, 3.05) is 13.1 Å². The average Bonchev–Trinajstić information content (AvgIpc) is 3.23. The van der Waals surface area contributed by atoms with E-state index in [-0.39, 0.29) is 0 Å². The van der Waals surface area contributed by atoms with Gasteiger partial charge in [-0.2, -0.15) is 0 Å². The van der Waals surface area contributed by atoms with Crippen molar-refractivity contribution < 1.29 is 0 Å². The van der Waals surface area contributed by atoms with E-state index in [1.165, 1.54) is 70.5 Å². The van der Waals surface area contributed by atoms with Crippen LogP contribution >= 0.6 is 0 Å². The summed E-state index contributed by atoms with van der Waals surface area (Å²) in [6.45, 7) is 16.0. The SMILES string of the molecule is CC1=NC2CC/C=C(c3[nH]c4ccc(C5CCN(C(C)C)CC5)cc4c3C(C)C)\C=C(\C)C(=N1)C2. The molecule has 3 heterocycles. The van der Waals surface area contributed by atoms with Crippen LogP contribution in [-0.4, -0.2) is 46.6 Å². The van der Waals surface area contributed by atoms with Crippen LogP contribution in [0.1, 0.15) is 102 Å². The van der Waals surface area contributed by atoms with Crippen molar-refractivity contribution >= 4 is 28.0 Å². The number of nitrogens with zero attached hydrogens (tertiary/aromatic N) is 3. The van der Waals surface area contributed by atoms with E-state index in [1.807, 2.05) is 6.92 Å². The smallest absolute Gasteiger partial charge is 0.120 e. The number of aromatic nitrogens is 1. The summed E-state index contributed by atoms with van der Waals surface area (Å²) in [5, 5.41) is 1.40. The van der Waals surface area contributed by atoms with Gasteiger partial charge >= 0.3 is 0 Å². The van der Waals surface area contributed by atoms with Crippen molar-refractivity contribution in [1.82, 2.24) is 9.88 Å². The lowest BCUT2D eigenvalue weighted by atomic mass is 9.87. The maximum absolute atomic E-state index is 4.79. The molecule has 4 nitrogen and oxygen atoms in total. The normalized spacial score (nSPS) is 25.4. The molecule has 1 aromatic carbocycles. The Balaban J connectivity index is 1.52. The van der Waals surface area contributed by atoms with Gasteiger partial charge in [0.1, 0.15) is 5.84 Å². The van der Waals surface area contributed by atoms with Gasteiger partial charge in [0, 0.05) is 34.8 Å². The van der Waals surface area contributed by atoms with Gasteiger partial charge in [0.2, 0.25) is 0 Å². The lowest BCUT2D eigenvalue weighted by Crippen LogP contribution is -2.37. The van der Waals surface area contributed by atoms with Gasteiger partial charge in [0.25, 0.3) is 0 Å². The highest BCUT2D eigenvalue weighted by molar-refractivity contribution is 6.09. The fourth-order valence-corrected chi connectivity index (χ4v) is 6.26. The number of likely N-dealkylation sites (tertiary alicyclic amines) is 1. The third-order valence-corrected chi connectivity index (χ3v) is 8.25. The summed E-state index contributed by atoms with van der Waals surface area (Å²) in [5.41, 5.74) is 9.29. The van der Waals surface area contributed by atoms with Crippen molar-refractivity contribution in [2.45, 2.75) is 97.6 Å². The number of H-pyrrole nitrogens is 1. The molecule has 186 valence electrons. The van der Waals surface area contributed by atoms with E-state index in [4.69, 9.17) is 9.98 Å². The first-order chi connectivity index (χ1) is 16.8. The van der Waals surface area contributed by atoms with Crippen molar-refractivity contribution in [2.24, 2.45) is 9.98 Å². The first-order valence-electron chi connectivity index (χ1n) is 13.7. The first-order valence-corrected chi connectivity index (χ1v) is 13.7. The van der Waals surface area contributed by atoms with E-state index in [1.54, 1.807) is 0 Å². The molecular formula is C31H42N4. The molecule has 2 bridgehead atoms. The van der Waals surface area contributed by atoms with Gasteiger partial charge in [-0.3, -0.25) is 4.99 Å². The zero-order valence-corrected chi connectivity index (χ0v) is 22.5. The summed E-state index contributed by atoms with van der Waals surface area (Å²) in [6, 6.07) is 8.21. The van der Waals surface area contributed by atoms with Crippen LogP contribution in [-0.2, 0) is 0 Å². The highest BCUT2D eigenvalue weighted by Crippen LogP contribution is 2.38. The Morgan fingerprint density at radius 2 is 1.80 bits per heavy atom. The Labute approximate surface area is 211 Å². The number of aromatic amines is 1. The summed E-state index contributed by atoms with van der Waals surface area (Å²) in [5.74, 6) is 2.04. The molecule has 0 amide bonds.